The lowest BCUT2D eigenvalue weighted by molar-refractivity contribution is -0.150. The van der Waals surface area contributed by atoms with Gasteiger partial charge in [-0.3, -0.25) is 14.4 Å². The number of anilines is 1. The third-order valence-electron chi connectivity index (χ3n) is 9.16. The molecule has 2 unspecified atom stereocenters. The summed E-state index contributed by atoms with van der Waals surface area (Å²) in [5, 5.41) is 4.00. The van der Waals surface area contributed by atoms with Gasteiger partial charge in [0.2, 0.25) is 18.1 Å². The topological polar surface area (TPSA) is 154 Å². The Balaban J connectivity index is 2.06. The quantitative estimate of drug-likeness (QED) is 0.155. The van der Waals surface area contributed by atoms with Crippen molar-refractivity contribution in [2.75, 3.05) is 5.32 Å². The maximum atomic E-state index is 15.6. The van der Waals surface area contributed by atoms with Crippen LogP contribution in [0.4, 0.5) is 28.0 Å². The van der Waals surface area contributed by atoms with Crippen LogP contribution in [-0.4, -0.2) is 42.1 Å². The SMILES string of the molecule is CCC[C@@](OC(N)=O)(C(=O)Nc1cc(C(N)=O)c(C(C)C(=O)NC(F)C(F)F)cc1F)C(C1CCCCC1)C1CCCCC1. The van der Waals surface area contributed by atoms with E-state index in [1.165, 1.54) is 12.2 Å². The van der Waals surface area contributed by atoms with Gasteiger partial charge in [0.05, 0.1) is 11.6 Å². The summed E-state index contributed by atoms with van der Waals surface area (Å²) in [4.78, 5) is 51.5. The molecule has 9 nitrogen and oxygen atoms in total. The molecule has 0 radical (unpaired) electrons. The number of carbonyl (C=O) groups excluding carboxylic acids is 4. The van der Waals surface area contributed by atoms with Crippen LogP contribution in [0.2, 0.25) is 0 Å². The molecule has 13 heteroatoms. The van der Waals surface area contributed by atoms with Gasteiger partial charge in [-0.15, -0.1) is 0 Å². The first-order valence-electron chi connectivity index (χ1n) is 15.5. The Labute approximate surface area is 255 Å². The highest BCUT2D eigenvalue weighted by atomic mass is 19.3. The number of hydrogen-bond donors (Lipinski definition) is 4. The first-order valence-corrected chi connectivity index (χ1v) is 15.5. The number of amides is 4. The lowest BCUT2D eigenvalue weighted by Crippen LogP contribution is -2.58. The zero-order valence-corrected chi connectivity index (χ0v) is 25.3. The summed E-state index contributed by atoms with van der Waals surface area (Å²) in [5.41, 5.74) is 8.23. The van der Waals surface area contributed by atoms with Crippen molar-refractivity contribution in [1.82, 2.24) is 5.32 Å². The fourth-order valence-electron chi connectivity index (χ4n) is 7.23. The number of halogens is 4. The Bertz CT molecular complexity index is 1170. The zero-order chi connectivity index (χ0) is 32.6. The summed E-state index contributed by atoms with van der Waals surface area (Å²) in [6, 6.07) is 1.71. The van der Waals surface area contributed by atoms with Crippen LogP contribution in [0.3, 0.4) is 0 Å². The van der Waals surface area contributed by atoms with Gasteiger partial charge in [-0.25, -0.2) is 22.4 Å². The summed E-state index contributed by atoms with van der Waals surface area (Å²) >= 11 is 0. The molecule has 2 aliphatic rings. The van der Waals surface area contributed by atoms with E-state index in [0.29, 0.717) is 6.42 Å². The summed E-state index contributed by atoms with van der Waals surface area (Å²) in [5.74, 6) is -5.86. The first-order chi connectivity index (χ1) is 20.8. The van der Waals surface area contributed by atoms with E-state index in [1.807, 2.05) is 6.92 Å². The lowest BCUT2D eigenvalue weighted by atomic mass is 9.61. The molecule has 0 bridgehead atoms. The van der Waals surface area contributed by atoms with Crippen molar-refractivity contribution < 1.29 is 41.5 Å². The minimum Gasteiger partial charge on any atom is -0.433 e. The van der Waals surface area contributed by atoms with Gasteiger partial charge in [-0.05, 0) is 42.9 Å². The molecule has 3 atom stereocenters. The van der Waals surface area contributed by atoms with Crippen LogP contribution in [0.5, 0.6) is 0 Å². The highest BCUT2D eigenvalue weighted by Gasteiger charge is 2.54. The van der Waals surface area contributed by atoms with Gasteiger partial charge in [0.15, 0.2) is 5.60 Å². The van der Waals surface area contributed by atoms with Crippen molar-refractivity contribution in [1.29, 1.82) is 0 Å². The van der Waals surface area contributed by atoms with Crippen molar-refractivity contribution in [2.45, 2.75) is 115 Å². The van der Waals surface area contributed by atoms with E-state index in [9.17, 15) is 32.3 Å². The van der Waals surface area contributed by atoms with E-state index in [-0.39, 0.29) is 35.3 Å². The predicted octanol–water partition coefficient (Wildman–Crippen LogP) is 6.05. The van der Waals surface area contributed by atoms with Crippen LogP contribution in [0.25, 0.3) is 0 Å². The van der Waals surface area contributed by atoms with E-state index in [0.717, 1.165) is 76.3 Å². The first kappa shape index (κ1) is 35.1. The molecule has 1 aromatic carbocycles. The number of ether oxygens (including phenoxy) is 1. The fraction of sp³-hybridized carbons (Fsp3) is 0.677. The van der Waals surface area contributed by atoms with E-state index in [2.05, 4.69) is 5.32 Å². The van der Waals surface area contributed by atoms with Crippen LogP contribution in [0, 0.1) is 23.6 Å². The average molecular weight is 629 g/mol. The smallest absolute Gasteiger partial charge is 0.405 e. The molecule has 6 N–H and O–H groups in total. The summed E-state index contributed by atoms with van der Waals surface area (Å²) in [6.07, 6.45) is 2.40. The van der Waals surface area contributed by atoms with Crippen molar-refractivity contribution >= 4 is 29.5 Å². The molecule has 2 aliphatic carbocycles. The van der Waals surface area contributed by atoms with E-state index in [4.69, 9.17) is 16.2 Å². The molecular formula is C31H44F4N4O5. The molecule has 246 valence electrons. The van der Waals surface area contributed by atoms with Crippen molar-refractivity contribution in [3.05, 3.63) is 29.1 Å². The van der Waals surface area contributed by atoms with Gasteiger partial charge in [0.1, 0.15) is 5.82 Å². The Morgan fingerprint density at radius 1 is 0.955 bits per heavy atom. The number of nitrogens with one attached hydrogen (secondary N) is 2. The third kappa shape index (κ3) is 8.20. The Morgan fingerprint density at radius 3 is 1.95 bits per heavy atom. The molecule has 44 heavy (non-hydrogen) atoms. The van der Waals surface area contributed by atoms with Crippen LogP contribution < -0.4 is 22.1 Å². The second-order valence-corrected chi connectivity index (χ2v) is 12.1. The van der Waals surface area contributed by atoms with Crippen LogP contribution in [0.15, 0.2) is 12.1 Å². The third-order valence-corrected chi connectivity index (χ3v) is 9.16. The molecule has 0 saturated heterocycles. The molecule has 3 rings (SSSR count). The predicted molar refractivity (Wildman–Crippen MR) is 156 cm³/mol. The average Bonchev–Trinajstić information content (AvgIpc) is 2.98. The maximum absolute atomic E-state index is 15.6. The number of benzene rings is 1. The second-order valence-electron chi connectivity index (χ2n) is 12.1. The molecule has 2 saturated carbocycles. The number of carbonyl (C=O) groups is 4. The van der Waals surface area contributed by atoms with Gasteiger partial charge in [-0.1, -0.05) is 77.6 Å². The molecular weight excluding hydrogens is 584 g/mol. The molecule has 0 spiro atoms. The van der Waals surface area contributed by atoms with Crippen LogP contribution >= 0.6 is 0 Å². The molecule has 1 aromatic rings. The summed E-state index contributed by atoms with van der Waals surface area (Å²) in [6.45, 7) is 3.01. The maximum Gasteiger partial charge on any atom is 0.405 e. The molecule has 0 aliphatic heterocycles. The van der Waals surface area contributed by atoms with Gasteiger partial charge >= 0.3 is 6.09 Å². The second kappa shape index (κ2) is 15.6. The Kier molecular flexibility index (Phi) is 12.4. The number of rotatable bonds is 13. The number of nitrogens with two attached hydrogens (primary N) is 2. The number of alkyl halides is 3. The number of primary amides is 2. The zero-order valence-electron chi connectivity index (χ0n) is 25.3. The summed E-state index contributed by atoms with van der Waals surface area (Å²) < 4.78 is 60.1. The van der Waals surface area contributed by atoms with E-state index < -0.39 is 59.6 Å². The van der Waals surface area contributed by atoms with Crippen LogP contribution in [0.1, 0.15) is 113 Å². The molecule has 0 aromatic heterocycles. The van der Waals surface area contributed by atoms with Crippen molar-refractivity contribution in [2.24, 2.45) is 29.2 Å². The standard InChI is InChI=1S/C31H44F4N4O5/c1-3-14-31(44-30(37)43,24(18-10-6-4-7-11-18)19-12-8-5-9-13-19)29(42)38-23-16-21(27(36)40)20(15-22(23)32)17(2)28(41)39-26(35)25(33)34/h15-19,24-26H,3-14H2,1-2H3,(H2,36,40)(H2,37,43)(H,38,42)(H,39,41)/t17?,26?,31-/m0/s1. The lowest BCUT2D eigenvalue weighted by Gasteiger charge is -2.48. The van der Waals surface area contributed by atoms with Gasteiger partial charge < -0.3 is 26.8 Å². The minimum absolute atomic E-state index is 0.0730. The Morgan fingerprint density at radius 2 is 1.50 bits per heavy atom. The highest BCUT2D eigenvalue weighted by Crippen LogP contribution is 2.48. The fourth-order valence-corrected chi connectivity index (χ4v) is 7.23. The van der Waals surface area contributed by atoms with Crippen molar-refractivity contribution in [3.63, 3.8) is 0 Å². The molecule has 2 fully saturated rings. The van der Waals surface area contributed by atoms with E-state index in [1.54, 1.807) is 0 Å². The minimum atomic E-state index is -3.49. The monoisotopic (exact) mass is 628 g/mol. The van der Waals surface area contributed by atoms with Crippen LogP contribution in [-0.2, 0) is 14.3 Å². The number of hydrogen-bond acceptors (Lipinski definition) is 5. The van der Waals surface area contributed by atoms with Crippen molar-refractivity contribution in [3.8, 4) is 0 Å². The van der Waals surface area contributed by atoms with Gasteiger partial charge in [0, 0.05) is 11.5 Å². The molecule has 0 heterocycles. The normalized spacial score (nSPS) is 19.2. The highest BCUT2D eigenvalue weighted by molar-refractivity contribution is 6.02. The summed E-state index contributed by atoms with van der Waals surface area (Å²) in [7, 11) is 0. The molecule has 4 amide bonds. The largest absolute Gasteiger partial charge is 0.433 e. The van der Waals surface area contributed by atoms with E-state index >= 15 is 4.39 Å². The van der Waals surface area contributed by atoms with Gasteiger partial charge in [-0.2, -0.15) is 0 Å². The Hall–Kier alpha value is -3.38. The van der Waals surface area contributed by atoms with Gasteiger partial charge in [0.25, 0.3) is 12.3 Å².